The van der Waals surface area contributed by atoms with E-state index in [4.69, 9.17) is 10.6 Å². The van der Waals surface area contributed by atoms with Gasteiger partial charge in [-0.25, -0.2) is 0 Å². The van der Waals surface area contributed by atoms with Crippen LogP contribution in [0.1, 0.15) is 30.4 Å². The number of benzene rings is 1. The summed E-state index contributed by atoms with van der Waals surface area (Å²) in [5, 5.41) is 0. The summed E-state index contributed by atoms with van der Waals surface area (Å²) in [5.74, 6) is 7.87. The molecule has 0 aromatic heterocycles. The maximum Gasteiger partial charge on any atom is 0.0636 e. The van der Waals surface area contributed by atoms with E-state index in [2.05, 4.69) is 29.7 Å². The lowest BCUT2D eigenvalue weighted by molar-refractivity contribution is 0.114. The normalized spacial score (nSPS) is 30.4. The highest BCUT2D eigenvalue weighted by molar-refractivity contribution is 5.40. The van der Waals surface area contributed by atoms with Crippen molar-refractivity contribution in [1.29, 1.82) is 0 Å². The Morgan fingerprint density at radius 1 is 1.44 bits per heavy atom. The first-order chi connectivity index (χ1) is 8.86. The first-order valence-electron chi connectivity index (χ1n) is 6.98. The van der Waals surface area contributed by atoms with Gasteiger partial charge < -0.3 is 4.74 Å². The molecule has 0 radical (unpaired) electrons. The van der Waals surface area contributed by atoms with Gasteiger partial charge in [-0.15, -0.1) is 0 Å². The molecule has 1 aromatic rings. The van der Waals surface area contributed by atoms with Crippen LogP contribution < -0.4 is 11.3 Å². The van der Waals surface area contributed by atoms with Gasteiger partial charge in [0.15, 0.2) is 0 Å². The number of nitrogens with one attached hydrogen (secondary N) is 1. The number of hydrazine groups is 1. The zero-order chi connectivity index (χ0) is 12.5. The number of hydrogen-bond acceptors (Lipinski definition) is 3. The SMILES string of the molecule is CCOCC(NN)C1C2CCc3ccccc3C21. The highest BCUT2D eigenvalue weighted by atomic mass is 16.5. The lowest BCUT2D eigenvalue weighted by Gasteiger charge is -2.16. The zero-order valence-electron chi connectivity index (χ0n) is 10.9. The molecular formula is C15H22N2O. The second-order valence-corrected chi connectivity index (χ2v) is 5.44. The van der Waals surface area contributed by atoms with Gasteiger partial charge in [0.05, 0.1) is 6.61 Å². The summed E-state index contributed by atoms with van der Waals surface area (Å²) >= 11 is 0. The number of fused-ring (bicyclic) bond motifs is 3. The molecule has 98 valence electrons. The summed E-state index contributed by atoms with van der Waals surface area (Å²) in [6.45, 7) is 3.52. The van der Waals surface area contributed by atoms with E-state index < -0.39 is 0 Å². The van der Waals surface area contributed by atoms with Crippen molar-refractivity contribution in [3.05, 3.63) is 35.4 Å². The summed E-state index contributed by atoms with van der Waals surface area (Å²) in [4.78, 5) is 0. The topological polar surface area (TPSA) is 47.3 Å². The van der Waals surface area contributed by atoms with Crippen LogP contribution in [0.3, 0.4) is 0 Å². The monoisotopic (exact) mass is 246 g/mol. The molecule has 1 saturated carbocycles. The minimum absolute atomic E-state index is 0.297. The van der Waals surface area contributed by atoms with Crippen molar-refractivity contribution in [2.45, 2.75) is 31.7 Å². The quantitative estimate of drug-likeness (QED) is 0.615. The molecule has 3 rings (SSSR count). The van der Waals surface area contributed by atoms with Gasteiger partial charge in [0.1, 0.15) is 0 Å². The summed E-state index contributed by atoms with van der Waals surface area (Å²) in [7, 11) is 0. The molecule has 1 aromatic carbocycles. The van der Waals surface area contributed by atoms with Gasteiger partial charge in [0.25, 0.3) is 0 Å². The standard InChI is InChI=1S/C15H22N2O/c1-2-18-9-13(17-16)15-12-8-7-10-5-3-4-6-11(10)14(12)15/h3-6,12-15,17H,2,7-9,16H2,1H3. The fourth-order valence-electron chi connectivity index (χ4n) is 3.68. The predicted octanol–water partition coefficient (Wildman–Crippen LogP) is 1.83. The summed E-state index contributed by atoms with van der Waals surface area (Å²) in [6, 6.07) is 9.17. The Kier molecular flexibility index (Phi) is 3.37. The molecule has 3 nitrogen and oxygen atoms in total. The number of aryl methyl sites for hydroxylation is 1. The fourth-order valence-corrected chi connectivity index (χ4v) is 3.68. The average molecular weight is 246 g/mol. The summed E-state index contributed by atoms with van der Waals surface area (Å²) < 4.78 is 5.54. The molecule has 4 atom stereocenters. The van der Waals surface area contributed by atoms with Crippen LogP contribution in [0.5, 0.6) is 0 Å². The van der Waals surface area contributed by atoms with Crippen molar-refractivity contribution in [2.24, 2.45) is 17.7 Å². The molecule has 3 N–H and O–H groups in total. The van der Waals surface area contributed by atoms with Crippen LogP contribution in [0.2, 0.25) is 0 Å². The Balaban J connectivity index is 1.75. The third-order valence-electron chi connectivity index (χ3n) is 4.57. The van der Waals surface area contributed by atoms with Crippen molar-refractivity contribution < 1.29 is 4.74 Å². The predicted molar refractivity (Wildman–Crippen MR) is 72.1 cm³/mol. The van der Waals surface area contributed by atoms with Crippen molar-refractivity contribution >= 4 is 0 Å². The third kappa shape index (κ3) is 1.96. The van der Waals surface area contributed by atoms with Crippen molar-refractivity contribution in [1.82, 2.24) is 5.43 Å². The van der Waals surface area contributed by atoms with Gasteiger partial charge >= 0.3 is 0 Å². The van der Waals surface area contributed by atoms with Crippen LogP contribution in [0.15, 0.2) is 24.3 Å². The Hall–Kier alpha value is -0.900. The van der Waals surface area contributed by atoms with E-state index in [9.17, 15) is 0 Å². The number of ether oxygens (including phenoxy) is 1. The molecule has 0 heterocycles. The maximum absolute atomic E-state index is 5.70. The summed E-state index contributed by atoms with van der Waals surface area (Å²) in [6.07, 6.45) is 2.52. The Morgan fingerprint density at radius 2 is 2.28 bits per heavy atom. The van der Waals surface area contributed by atoms with Crippen LogP contribution >= 0.6 is 0 Å². The van der Waals surface area contributed by atoms with Crippen molar-refractivity contribution in [3.8, 4) is 0 Å². The molecule has 2 aliphatic carbocycles. The number of rotatable bonds is 5. The van der Waals surface area contributed by atoms with Crippen LogP contribution in [-0.4, -0.2) is 19.3 Å². The van der Waals surface area contributed by atoms with E-state index >= 15 is 0 Å². The molecule has 0 bridgehead atoms. The number of hydrogen-bond donors (Lipinski definition) is 2. The largest absolute Gasteiger partial charge is 0.380 e. The first-order valence-corrected chi connectivity index (χ1v) is 6.98. The van der Waals surface area contributed by atoms with Crippen LogP contribution in [0.4, 0.5) is 0 Å². The van der Waals surface area contributed by atoms with Gasteiger partial charge in [0, 0.05) is 12.6 Å². The minimum Gasteiger partial charge on any atom is -0.380 e. The van der Waals surface area contributed by atoms with Gasteiger partial charge in [-0.05, 0) is 48.6 Å². The van der Waals surface area contributed by atoms with E-state index in [1.54, 1.807) is 5.56 Å². The van der Waals surface area contributed by atoms with Crippen LogP contribution in [-0.2, 0) is 11.2 Å². The van der Waals surface area contributed by atoms with Crippen LogP contribution in [0.25, 0.3) is 0 Å². The van der Waals surface area contributed by atoms with E-state index in [-0.39, 0.29) is 0 Å². The Morgan fingerprint density at radius 3 is 3.06 bits per heavy atom. The molecule has 3 heteroatoms. The second kappa shape index (κ2) is 5.00. The molecule has 0 saturated heterocycles. The smallest absolute Gasteiger partial charge is 0.0636 e. The van der Waals surface area contributed by atoms with E-state index in [0.29, 0.717) is 17.9 Å². The molecule has 1 fully saturated rings. The van der Waals surface area contributed by atoms with Crippen molar-refractivity contribution in [3.63, 3.8) is 0 Å². The lowest BCUT2D eigenvalue weighted by atomic mass is 9.92. The van der Waals surface area contributed by atoms with Crippen molar-refractivity contribution in [2.75, 3.05) is 13.2 Å². The van der Waals surface area contributed by atoms with E-state index in [1.165, 1.54) is 18.4 Å². The molecule has 4 unspecified atom stereocenters. The van der Waals surface area contributed by atoms with Gasteiger partial charge in [-0.3, -0.25) is 11.3 Å². The fraction of sp³-hybridized carbons (Fsp3) is 0.600. The van der Waals surface area contributed by atoms with E-state index in [0.717, 1.165) is 19.1 Å². The molecule has 0 aliphatic heterocycles. The Labute approximate surface area is 109 Å². The molecule has 0 amide bonds. The first kappa shape index (κ1) is 12.2. The average Bonchev–Trinajstić information content (AvgIpc) is 3.15. The second-order valence-electron chi connectivity index (χ2n) is 5.44. The molecule has 18 heavy (non-hydrogen) atoms. The molecular weight excluding hydrogens is 224 g/mol. The Bertz CT molecular complexity index is 421. The van der Waals surface area contributed by atoms with Gasteiger partial charge in [-0.2, -0.15) is 0 Å². The highest BCUT2D eigenvalue weighted by Crippen LogP contribution is 2.61. The third-order valence-corrected chi connectivity index (χ3v) is 4.57. The van der Waals surface area contributed by atoms with Gasteiger partial charge in [-0.1, -0.05) is 24.3 Å². The zero-order valence-corrected chi connectivity index (χ0v) is 10.9. The summed E-state index contributed by atoms with van der Waals surface area (Å²) in [5.41, 5.74) is 6.05. The maximum atomic E-state index is 5.70. The van der Waals surface area contributed by atoms with E-state index in [1.807, 2.05) is 6.92 Å². The highest BCUT2D eigenvalue weighted by Gasteiger charge is 2.56. The van der Waals surface area contributed by atoms with Crippen LogP contribution in [0, 0.1) is 11.8 Å². The lowest BCUT2D eigenvalue weighted by Crippen LogP contribution is -2.41. The number of nitrogens with two attached hydrogens (primary N) is 1. The van der Waals surface area contributed by atoms with Gasteiger partial charge in [0.2, 0.25) is 0 Å². The minimum atomic E-state index is 0.297. The molecule has 0 spiro atoms. The molecule has 2 aliphatic rings.